The summed E-state index contributed by atoms with van der Waals surface area (Å²) in [5.41, 5.74) is 6.32. The standard InChI is InChI=1S/C11H14ClNOS/c1-3-7(2)14-10-6-8(12)4-5-9(10)11(13)15/h4-7H,3H2,1-2H3,(H2,13,15). The topological polar surface area (TPSA) is 35.2 Å². The Bertz CT molecular complexity index is 368. The van der Waals surface area contributed by atoms with Crippen molar-refractivity contribution in [1.29, 1.82) is 0 Å². The molecule has 0 heterocycles. The number of benzene rings is 1. The van der Waals surface area contributed by atoms with Crippen LogP contribution in [0.5, 0.6) is 5.75 Å². The highest BCUT2D eigenvalue weighted by Gasteiger charge is 2.09. The molecule has 0 aliphatic heterocycles. The number of hydrogen-bond donors (Lipinski definition) is 1. The average Bonchev–Trinajstić information content (AvgIpc) is 2.17. The van der Waals surface area contributed by atoms with Crippen LogP contribution >= 0.6 is 23.8 Å². The fourth-order valence-corrected chi connectivity index (χ4v) is 1.43. The molecule has 1 aromatic carbocycles. The van der Waals surface area contributed by atoms with Gasteiger partial charge in [0.15, 0.2) is 0 Å². The smallest absolute Gasteiger partial charge is 0.131 e. The molecule has 0 saturated carbocycles. The van der Waals surface area contributed by atoms with Crippen molar-refractivity contribution in [2.45, 2.75) is 26.4 Å². The predicted molar refractivity (Wildman–Crippen MR) is 67.7 cm³/mol. The number of ether oxygens (including phenoxy) is 1. The Labute approximate surface area is 100 Å². The lowest BCUT2D eigenvalue weighted by atomic mass is 10.2. The van der Waals surface area contributed by atoms with E-state index in [1.165, 1.54) is 0 Å². The summed E-state index contributed by atoms with van der Waals surface area (Å²) in [7, 11) is 0. The van der Waals surface area contributed by atoms with Gasteiger partial charge in [-0.05, 0) is 31.5 Å². The van der Waals surface area contributed by atoms with E-state index in [1.54, 1.807) is 18.2 Å². The first kappa shape index (κ1) is 12.3. The molecule has 0 fully saturated rings. The number of halogens is 1. The first-order valence-corrected chi connectivity index (χ1v) is 5.59. The van der Waals surface area contributed by atoms with E-state index in [4.69, 9.17) is 34.3 Å². The van der Waals surface area contributed by atoms with Gasteiger partial charge in [0.25, 0.3) is 0 Å². The second kappa shape index (κ2) is 5.33. The summed E-state index contributed by atoms with van der Waals surface area (Å²) in [6, 6.07) is 5.27. The van der Waals surface area contributed by atoms with Crippen molar-refractivity contribution in [2.75, 3.05) is 0 Å². The van der Waals surface area contributed by atoms with Gasteiger partial charge < -0.3 is 10.5 Å². The van der Waals surface area contributed by atoms with Crippen molar-refractivity contribution in [1.82, 2.24) is 0 Å². The first-order chi connectivity index (χ1) is 7.04. The lowest BCUT2D eigenvalue weighted by Crippen LogP contribution is -2.16. The van der Waals surface area contributed by atoms with Crippen molar-refractivity contribution in [3.8, 4) is 5.75 Å². The van der Waals surface area contributed by atoms with Gasteiger partial charge in [-0.3, -0.25) is 0 Å². The lowest BCUT2D eigenvalue weighted by molar-refractivity contribution is 0.217. The highest BCUT2D eigenvalue weighted by molar-refractivity contribution is 7.80. The molecule has 0 amide bonds. The summed E-state index contributed by atoms with van der Waals surface area (Å²) in [6.45, 7) is 4.04. The second-order valence-corrected chi connectivity index (χ2v) is 4.22. The van der Waals surface area contributed by atoms with Gasteiger partial charge in [0, 0.05) is 5.02 Å². The third-order valence-corrected chi connectivity index (χ3v) is 2.57. The van der Waals surface area contributed by atoms with E-state index in [0.717, 1.165) is 12.0 Å². The maximum Gasteiger partial charge on any atom is 0.131 e. The summed E-state index contributed by atoms with van der Waals surface area (Å²) in [6.07, 6.45) is 1.04. The highest BCUT2D eigenvalue weighted by atomic mass is 35.5. The maximum absolute atomic E-state index is 5.88. The van der Waals surface area contributed by atoms with Gasteiger partial charge in [-0.1, -0.05) is 30.7 Å². The molecule has 1 aromatic rings. The molecule has 0 aliphatic carbocycles. The zero-order chi connectivity index (χ0) is 11.4. The third kappa shape index (κ3) is 3.36. The predicted octanol–water partition coefficient (Wildman–Crippen LogP) is 3.15. The Morgan fingerprint density at radius 1 is 1.60 bits per heavy atom. The van der Waals surface area contributed by atoms with Crippen LogP contribution in [0.1, 0.15) is 25.8 Å². The van der Waals surface area contributed by atoms with Gasteiger partial charge >= 0.3 is 0 Å². The molecule has 15 heavy (non-hydrogen) atoms. The molecule has 0 aromatic heterocycles. The van der Waals surface area contributed by atoms with Crippen molar-refractivity contribution in [3.63, 3.8) is 0 Å². The number of rotatable bonds is 4. The minimum atomic E-state index is 0.122. The second-order valence-electron chi connectivity index (χ2n) is 3.34. The molecule has 1 atom stereocenters. The quantitative estimate of drug-likeness (QED) is 0.826. The summed E-state index contributed by atoms with van der Waals surface area (Å²) >= 11 is 10.8. The lowest BCUT2D eigenvalue weighted by Gasteiger charge is -2.15. The fraction of sp³-hybridized carbons (Fsp3) is 0.364. The first-order valence-electron chi connectivity index (χ1n) is 4.80. The van der Waals surface area contributed by atoms with E-state index in [1.807, 2.05) is 6.92 Å². The van der Waals surface area contributed by atoms with Crippen LogP contribution in [0.4, 0.5) is 0 Å². The van der Waals surface area contributed by atoms with Crippen LogP contribution in [-0.4, -0.2) is 11.1 Å². The van der Waals surface area contributed by atoms with Gasteiger partial charge in [-0.2, -0.15) is 0 Å². The van der Waals surface area contributed by atoms with E-state index in [2.05, 4.69) is 6.92 Å². The Morgan fingerprint density at radius 3 is 2.80 bits per heavy atom. The average molecular weight is 244 g/mol. The largest absolute Gasteiger partial charge is 0.490 e. The van der Waals surface area contributed by atoms with Gasteiger partial charge in [-0.15, -0.1) is 0 Å². The molecule has 2 N–H and O–H groups in total. The Kier molecular flexibility index (Phi) is 4.36. The van der Waals surface area contributed by atoms with E-state index in [9.17, 15) is 0 Å². The Morgan fingerprint density at radius 2 is 2.27 bits per heavy atom. The van der Waals surface area contributed by atoms with Crippen molar-refractivity contribution in [2.24, 2.45) is 5.73 Å². The minimum absolute atomic E-state index is 0.122. The Hall–Kier alpha value is -0.800. The van der Waals surface area contributed by atoms with E-state index < -0.39 is 0 Å². The summed E-state index contributed by atoms with van der Waals surface area (Å²) < 4.78 is 5.68. The monoisotopic (exact) mass is 243 g/mol. The summed E-state index contributed by atoms with van der Waals surface area (Å²) in [5, 5.41) is 0.619. The highest BCUT2D eigenvalue weighted by Crippen LogP contribution is 2.24. The van der Waals surface area contributed by atoms with Crippen LogP contribution in [0.15, 0.2) is 18.2 Å². The van der Waals surface area contributed by atoms with Crippen LogP contribution in [0.25, 0.3) is 0 Å². The molecule has 2 nitrogen and oxygen atoms in total. The van der Waals surface area contributed by atoms with Crippen LogP contribution < -0.4 is 10.5 Å². The SMILES string of the molecule is CCC(C)Oc1cc(Cl)ccc1C(N)=S. The number of thiocarbonyl (C=S) groups is 1. The molecule has 1 unspecified atom stereocenters. The van der Waals surface area contributed by atoms with E-state index >= 15 is 0 Å². The van der Waals surface area contributed by atoms with Gasteiger partial charge in [0.1, 0.15) is 10.7 Å². The molecule has 0 radical (unpaired) electrons. The molecular weight excluding hydrogens is 230 g/mol. The van der Waals surface area contributed by atoms with Crippen LogP contribution in [-0.2, 0) is 0 Å². The molecule has 0 bridgehead atoms. The van der Waals surface area contributed by atoms with E-state index in [0.29, 0.717) is 15.8 Å². The molecule has 82 valence electrons. The Balaban J connectivity index is 3.02. The zero-order valence-corrected chi connectivity index (χ0v) is 10.4. The van der Waals surface area contributed by atoms with Crippen molar-refractivity contribution >= 4 is 28.8 Å². The van der Waals surface area contributed by atoms with Crippen LogP contribution in [0.2, 0.25) is 5.02 Å². The molecule has 4 heteroatoms. The molecule has 0 saturated heterocycles. The zero-order valence-electron chi connectivity index (χ0n) is 8.79. The molecular formula is C11H14ClNOS. The molecule has 0 aliphatic rings. The maximum atomic E-state index is 5.88. The third-order valence-electron chi connectivity index (χ3n) is 2.11. The van der Waals surface area contributed by atoms with Gasteiger partial charge in [-0.25, -0.2) is 0 Å². The minimum Gasteiger partial charge on any atom is -0.490 e. The van der Waals surface area contributed by atoms with Gasteiger partial charge in [0.05, 0.1) is 11.7 Å². The van der Waals surface area contributed by atoms with Crippen LogP contribution in [0.3, 0.4) is 0 Å². The fourth-order valence-electron chi connectivity index (χ4n) is 1.10. The van der Waals surface area contributed by atoms with Crippen molar-refractivity contribution in [3.05, 3.63) is 28.8 Å². The summed E-state index contributed by atoms with van der Waals surface area (Å²) in [4.78, 5) is 0.324. The normalized spacial score (nSPS) is 12.2. The van der Waals surface area contributed by atoms with E-state index in [-0.39, 0.29) is 6.10 Å². The molecule has 0 spiro atoms. The number of hydrogen-bond acceptors (Lipinski definition) is 2. The van der Waals surface area contributed by atoms with Gasteiger partial charge in [0.2, 0.25) is 0 Å². The summed E-state index contributed by atoms with van der Waals surface area (Å²) in [5.74, 6) is 0.657. The molecule has 1 rings (SSSR count). The van der Waals surface area contributed by atoms with Crippen molar-refractivity contribution < 1.29 is 4.74 Å². The van der Waals surface area contributed by atoms with Crippen LogP contribution in [0, 0.1) is 0 Å². The number of nitrogens with two attached hydrogens (primary N) is 1.